The lowest BCUT2D eigenvalue weighted by Gasteiger charge is -2.28. The van der Waals surface area contributed by atoms with E-state index in [1.807, 2.05) is 25.1 Å². The van der Waals surface area contributed by atoms with Crippen molar-refractivity contribution in [1.29, 1.82) is 0 Å². The summed E-state index contributed by atoms with van der Waals surface area (Å²) in [5, 5.41) is 5.52. The van der Waals surface area contributed by atoms with Gasteiger partial charge in [-0.2, -0.15) is 0 Å². The van der Waals surface area contributed by atoms with Crippen molar-refractivity contribution in [2.45, 2.75) is 38.6 Å². The van der Waals surface area contributed by atoms with Gasteiger partial charge >= 0.3 is 11.8 Å². The van der Waals surface area contributed by atoms with Crippen LogP contribution in [0.15, 0.2) is 28.7 Å². The van der Waals surface area contributed by atoms with E-state index in [0.29, 0.717) is 11.6 Å². The van der Waals surface area contributed by atoms with Gasteiger partial charge in [0.2, 0.25) is 0 Å². The Morgan fingerprint density at radius 3 is 2.59 bits per heavy atom. The third-order valence-corrected chi connectivity index (χ3v) is 5.81. The SMILES string of the molecule is CC(NC(=O)C(=O)Nc1ccccc1Br)C1CC2CCC1C2. The van der Waals surface area contributed by atoms with Gasteiger partial charge in [-0.3, -0.25) is 9.59 Å². The number of amides is 2. The number of rotatable bonds is 3. The third-order valence-electron chi connectivity index (χ3n) is 5.12. The van der Waals surface area contributed by atoms with E-state index in [4.69, 9.17) is 0 Å². The summed E-state index contributed by atoms with van der Waals surface area (Å²) in [6, 6.07) is 7.32. The summed E-state index contributed by atoms with van der Waals surface area (Å²) >= 11 is 3.35. The quantitative estimate of drug-likeness (QED) is 0.808. The molecule has 2 bridgehead atoms. The number of carbonyl (C=O) groups excluding carboxylic acids is 2. The zero-order valence-corrected chi connectivity index (χ0v) is 14.2. The lowest BCUT2D eigenvalue weighted by atomic mass is 9.84. The van der Waals surface area contributed by atoms with Crippen molar-refractivity contribution < 1.29 is 9.59 Å². The number of anilines is 1. The van der Waals surface area contributed by atoms with Gasteiger partial charge in [-0.05, 0) is 72.0 Å². The number of para-hydroxylation sites is 1. The summed E-state index contributed by atoms with van der Waals surface area (Å²) in [5.74, 6) is 0.932. The minimum Gasteiger partial charge on any atom is -0.345 e. The summed E-state index contributed by atoms with van der Waals surface area (Å²) in [7, 11) is 0. The maximum absolute atomic E-state index is 12.1. The molecular weight excluding hydrogens is 344 g/mol. The molecular formula is C17H21BrN2O2. The molecule has 0 heterocycles. The van der Waals surface area contributed by atoms with Gasteiger partial charge in [-0.25, -0.2) is 0 Å². The van der Waals surface area contributed by atoms with Crippen LogP contribution < -0.4 is 10.6 Å². The molecule has 0 radical (unpaired) electrons. The number of benzene rings is 1. The number of carbonyl (C=O) groups is 2. The molecule has 0 spiro atoms. The Balaban J connectivity index is 1.55. The Hall–Kier alpha value is -1.36. The summed E-state index contributed by atoms with van der Waals surface area (Å²) in [4.78, 5) is 24.1. The van der Waals surface area contributed by atoms with Crippen LogP contribution in [-0.2, 0) is 9.59 Å². The number of fused-ring (bicyclic) bond motifs is 2. The fourth-order valence-electron chi connectivity index (χ4n) is 4.03. The highest BCUT2D eigenvalue weighted by atomic mass is 79.9. The first kappa shape index (κ1) is 15.5. The van der Waals surface area contributed by atoms with E-state index in [-0.39, 0.29) is 6.04 Å². The first-order valence-electron chi connectivity index (χ1n) is 7.91. The number of hydrogen-bond acceptors (Lipinski definition) is 2. The van der Waals surface area contributed by atoms with E-state index in [1.54, 1.807) is 6.07 Å². The molecule has 1 aromatic carbocycles. The maximum atomic E-state index is 12.1. The monoisotopic (exact) mass is 364 g/mol. The Kier molecular flexibility index (Phi) is 4.52. The van der Waals surface area contributed by atoms with Crippen LogP contribution in [0.25, 0.3) is 0 Å². The fraction of sp³-hybridized carbons (Fsp3) is 0.529. The topological polar surface area (TPSA) is 58.2 Å². The zero-order valence-electron chi connectivity index (χ0n) is 12.6. The molecule has 2 aliphatic rings. The lowest BCUT2D eigenvalue weighted by Crippen LogP contribution is -2.45. The molecule has 0 aliphatic heterocycles. The molecule has 1 aromatic rings. The molecule has 2 N–H and O–H groups in total. The minimum absolute atomic E-state index is 0.0627. The normalized spacial score (nSPS) is 27.5. The molecule has 5 heteroatoms. The largest absolute Gasteiger partial charge is 0.345 e. The zero-order chi connectivity index (χ0) is 15.7. The summed E-state index contributed by atoms with van der Waals surface area (Å²) in [6.07, 6.45) is 5.11. The van der Waals surface area contributed by atoms with Gasteiger partial charge < -0.3 is 10.6 Å². The van der Waals surface area contributed by atoms with Crippen molar-refractivity contribution in [1.82, 2.24) is 5.32 Å². The first-order chi connectivity index (χ1) is 10.5. The second-order valence-electron chi connectivity index (χ2n) is 6.53. The molecule has 2 amide bonds. The molecule has 3 rings (SSSR count). The van der Waals surface area contributed by atoms with Crippen molar-refractivity contribution in [3.05, 3.63) is 28.7 Å². The van der Waals surface area contributed by atoms with E-state index in [1.165, 1.54) is 25.7 Å². The van der Waals surface area contributed by atoms with Crippen LogP contribution in [0.3, 0.4) is 0 Å². The van der Waals surface area contributed by atoms with Crippen molar-refractivity contribution in [2.24, 2.45) is 17.8 Å². The van der Waals surface area contributed by atoms with Crippen molar-refractivity contribution >= 4 is 33.4 Å². The van der Waals surface area contributed by atoms with Gasteiger partial charge in [0, 0.05) is 10.5 Å². The minimum atomic E-state index is -0.609. The molecule has 2 saturated carbocycles. The number of hydrogen-bond donors (Lipinski definition) is 2. The van der Waals surface area contributed by atoms with E-state index >= 15 is 0 Å². The van der Waals surface area contributed by atoms with Gasteiger partial charge in [0.15, 0.2) is 0 Å². The van der Waals surface area contributed by atoms with Crippen LogP contribution in [0.1, 0.15) is 32.6 Å². The second kappa shape index (κ2) is 6.41. The van der Waals surface area contributed by atoms with Crippen LogP contribution in [0.2, 0.25) is 0 Å². The first-order valence-corrected chi connectivity index (χ1v) is 8.70. The summed E-state index contributed by atoms with van der Waals surface area (Å²) in [5.41, 5.74) is 0.607. The Labute approximate surface area is 139 Å². The van der Waals surface area contributed by atoms with E-state index in [2.05, 4.69) is 26.6 Å². The average Bonchev–Trinajstić information content (AvgIpc) is 3.12. The van der Waals surface area contributed by atoms with Gasteiger partial charge in [0.05, 0.1) is 5.69 Å². The highest BCUT2D eigenvalue weighted by Crippen LogP contribution is 2.49. The molecule has 2 aliphatic carbocycles. The third kappa shape index (κ3) is 3.19. The van der Waals surface area contributed by atoms with Crippen LogP contribution in [-0.4, -0.2) is 17.9 Å². The Morgan fingerprint density at radius 2 is 1.95 bits per heavy atom. The predicted molar refractivity (Wildman–Crippen MR) is 89.3 cm³/mol. The number of nitrogens with one attached hydrogen (secondary N) is 2. The highest BCUT2D eigenvalue weighted by molar-refractivity contribution is 9.10. The van der Waals surface area contributed by atoms with Crippen molar-refractivity contribution in [2.75, 3.05) is 5.32 Å². The van der Waals surface area contributed by atoms with Crippen LogP contribution in [0.4, 0.5) is 5.69 Å². The standard InChI is InChI=1S/C17H21BrN2O2/c1-10(13-9-11-6-7-12(13)8-11)19-16(21)17(22)20-15-5-3-2-4-14(15)18/h2-5,10-13H,6-9H2,1H3,(H,19,21)(H,20,22). The van der Waals surface area contributed by atoms with Crippen molar-refractivity contribution in [3.63, 3.8) is 0 Å². The fourth-order valence-corrected chi connectivity index (χ4v) is 4.41. The van der Waals surface area contributed by atoms with Crippen LogP contribution >= 0.6 is 15.9 Å². The van der Waals surface area contributed by atoms with E-state index in [0.717, 1.165) is 16.3 Å². The van der Waals surface area contributed by atoms with E-state index in [9.17, 15) is 9.59 Å². The lowest BCUT2D eigenvalue weighted by molar-refractivity contribution is -0.136. The molecule has 0 saturated heterocycles. The van der Waals surface area contributed by atoms with Crippen molar-refractivity contribution in [3.8, 4) is 0 Å². The van der Waals surface area contributed by atoms with E-state index < -0.39 is 11.8 Å². The molecule has 0 aromatic heterocycles. The molecule has 4 unspecified atom stereocenters. The van der Waals surface area contributed by atoms with Gasteiger partial charge in [-0.1, -0.05) is 18.6 Å². The Morgan fingerprint density at radius 1 is 1.18 bits per heavy atom. The highest BCUT2D eigenvalue weighted by Gasteiger charge is 2.42. The molecule has 4 atom stereocenters. The maximum Gasteiger partial charge on any atom is 0.313 e. The van der Waals surface area contributed by atoms with Crippen LogP contribution in [0.5, 0.6) is 0 Å². The average molecular weight is 365 g/mol. The number of halogens is 1. The van der Waals surface area contributed by atoms with Crippen LogP contribution in [0, 0.1) is 17.8 Å². The summed E-state index contributed by atoms with van der Waals surface area (Å²) in [6.45, 7) is 2.02. The molecule has 2 fully saturated rings. The van der Waals surface area contributed by atoms with Gasteiger partial charge in [0.1, 0.15) is 0 Å². The smallest absolute Gasteiger partial charge is 0.313 e. The van der Waals surface area contributed by atoms with Gasteiger partial charge in [-0.15, -0.1) is 0 Å². The Bertz CT molecular complexity index is 590. The molecule has 22 heavy (non-hydrogen) atoms. The predicted octanol–water partition coefficient (Wildman–Crippen LogP) is 3.33. The molecule has 118 valence electrons. The molecule has 4 nitrogen and oxygen atoms in total. The summed E-state index contributed by atoms with van der Waals surface area (Å²) < 4.78 is 0.761. The van der Waals surface area contributed by atoms with Gasteiger partial charge in [0.25, 0.3) is 0 Å². The second-order valence-corrected chi connectivity index (χ2v) is 7.39.